The molecule has 3 heteroatoms. The molecule has 0 atom stereocenters. The van der Waals surface area contributed by atoms with Crippen molar-refractivity contribution < 1.29 is 9.59 Å². The van der Waals surface area contributed by atoms with E-state index >= 15 is 0 Å². The van der Waals surface area contributed by atoms with Crippen molar-refractivity contribution in [3.8, 4) is 6.07 Å². The quantitative estimate of drug-likeness (QED) is 0.621. The fourth-order valence-corrected chi connectivity index (χ4v) is 2.13. The van der Waals surface area contributed by atoms with Gasteiger partial charge in [-0.3, -0.25) is 9.59 Å². The molecule has 74 valence electrons. The van der Waals surface area contributed by atoms with E-state index in [9.17, 15) is 9.59 Å². The summed E-state index contributed by atoms with van der Waals surface area (Å²) in [6, 6.07) is 10.3. The zero-order valence-corrected chi connectivity index (χ0v) is 8.15. The maximum atomic E-state index is 11.6. The van der Waals surface area contributed by atoms with E-state index in [4.69, 9.17) is 5.26 Å². The third kappa shape index (κ3) is 0.861. The lowest BCUT2D eigenvalue weighted by Gasteiger charge is -2.00. The van der Waals surface area contributed by atoms with Crippen molar-refractivity contribution in [1.29, 1.82) is 5.26 Å². The Labute approximate surface area is 90.9 Å². The maximum Gasteiger partial charge on any atom is 0.234 e. The summed E-state index contributed by atoms with van der Waals surface area (Å²) >= 11 is 0. The predicted molar refractivity (Wildman–Crippen MR) is 57.3 cm³/mol. The molecule has 0 saturated heterocycles. The smallest absolute Gasteiger partial charge is 0.234 e. The fourth-order valence-electron chi connectivity index (χ4n) is 2.13. The molecular formula is C13H5NO2. The van der Waals surface area contributed by atoms with Gasteiger partial charge in [-0.25, -0.2) is 0 Å². The molecule has 0 heterocycles. The molecule has 0 aromatic heterocycles. The monoisotopic (exact) mass is 207 g/mol. The third-order valence-corrected chi connectivity index (χ3v) is 2.86. The van der Waals surface area contributed by atoms with Gasteiger partial charge in [0.2, 0.25) is 11.6 Å². The van der Waals surface area contributed by atoms with E-state index in [2.05, 4.69) is 6.07 Å². The highest BCUT2D eigenvalue weighted by molar-refractivity contribution is 6.57. The van der Waals surface area contributed by atoms with Crippen LogP contribution in [0.1, 0.15) is 26.3 Å². The van der Waals surface area contributed by atoms with Gasteiger partial charge in [0.25, 0.3) is 0 Å². The van der Waals surface area contributed by atoms with Crippen molar-refractivity contribution in [1.82, 2.24) is 0 Å². The number of rotatable bonds is 0. The summed E-state index contributed by atoms with van der Waals surface area (Å²) < 4.78 is 0. The highest BCUT2D eigenvalue weighted by Gasteiger charge is 2.30. The number of carbonyl (C=O) groups excluding carboxylic acids is 2. The molecule has 0 aliphatic heterocycles. The molecule has 1 aliphatic rings. The Bertz CT molecular complexity index is 687. The highest BCUT2D eigenvalue weighted by atomic mass is 16.2. The van der Waals surface area contributed by atoms with Gasteiger partial charge < -0.3 is 0 Å². The Balaban J connectivity index is 2.60. The number of benzene rings is 2. The Hall–Kier alpha value is -2.47. The number of carbonyl (C=O) groups is 2. The minimum absolute atomic E-state index is 0.412. The molecule has 3 nitrogen and oxygen atoms in total. The van der Waals surface area contributed by atoms with E-state index in [0.29, 0.717) is 27.5 Å². The van der Waals surface area contributed by atoms with Crippen molar-refractivity contribution in [3.05, 3.63) is 47.0 Å². The van der Waals surface area contributed by atoms with Gasteiger partial charge in [0.1, 0.15) is 0 Å². The van der Waals surface area contributed by atoms with Crippen molar-refractivity contribution in [2.75, 3.05) is 0 Å². The molecule has 1 aliphatic carbocycles. The maximum absolute atomic E-state index is 11.6. The van der Waals surface area contributed by atoms with Gasteiger partial charge in [-0.05, 0) is 12.1 Å². The Morgan fingerprint density at radius 1 is 0.938 bits per heavy atom. The second-order valence-corrected chi connectivity index (χ2v) is 3.66. The van der Waals surface area contributed by atoms with E-state index in [1.165, 1.54) is 0 Å². The van der Waals surface area contributed by atoms with Crippen LogP contribution in [0.3, 0.4) is 0 Å². The van der Waals surface area contributed by atoms with E-state index in [-0.39, 0.29) is 0 Å². The van der Waals surface area contributed by atoms with Crippen molar-refractivity contribution in [2.24, 2.45) is 0 Å². The second kappa shape index (κ2) is 2.77. The molecule has 16 heavy (non-hydrogen) atoms. The lowest BCUT2D eigenvalue weighted by Crippen LogP contribution is -2.05. The van der Waals surface area contributed by atoms with Crippen LogP contribution in [0.2, 0.25) is 0 Å². The number of hydrogen-bond donors (Lipinski definition) is 0. The predicted octanol–water partition coefficient (Wildman–Crippen LogP) is 2.09. The molecule has 3 rings (SSSR count). The van der Waals surface area contributed by atoms with E-state index in [1.807, 2.05) is 0 Å². The largest absolute Gasteiger partial charge is 0.285 e. The van der Waals surface area contributed by atoms with Gasteiger partial charge in [0.05, 0.1) is 11.6 Å². The molecule has 0 unspecified atom stereocenters. The lowest BCUT2D eigenvalue weighted by molar-refractivity contribution is 0.0825. The summed E-state index contributed by atoms with van der Waals surface area (Å²) in [4.78, 5) is 23.3. The first kappa shape index (κ1) is 8.81. The van der Waals surface area contributed by atoms with Crippen LogP contribution in [0.25, 0.3) is 10.8 Å². The normalized spacial score (nSPS) is 13.2. The zero-order valence-electron chi connectivity index (χ0n) is 8.15. The van der Waals surface area contributed by atoms with Crippen LogP contribution < -0.4 is 0 Å². The number of hydrogen-bond acceptors (Lipinski definition) is 3. The SMILES string of the molecule is N#Cc1ccc2c3c(cccc13)C(=O)C2=O. The minimum Gasteiger partial charge on any atom is -0.285 e. The number of nitrogens with zero attached hydrogens (tertiary/aromatic N) is 1. The van der Waals surface area contributed by atoms with E-state index < -0.39 is 11.6 Å². The van der Waals surface area contributed by atoms with Crippen molar-refractivity contribution in [3.63, 3.8) is 0 Å². The molecule has 0 radical (unpaired) electrons. The van der Waals surface area contributed by atoms with Crippen molar-refractivity contribution >= 4 is 22.3 Å². The van der Waals surface area contributed by atoms with E-state index in [1.54, 1.807) is 30.3 Å². The first-order valence-corrected chi connectivity index (χ1v) is 4.79. The number of Topliss-reactive ketones (excluding diaryl/α,β-unsaturated/α-hetero) is 2. The van der Waals surface area contributed by atoms with Gasteiger partial charge in [-0.15, -0.1) is 0 Å². The van der Waals surface area contributed by atoms with Crippen LogP contribution in [0.5, 0.6) is 0 Å². The van der Waals surface area contributed by atoms with Gasteiger partial charge in [-0.2, -0.15) is 5.26 Å². The van der Waals surface area contributed by atoms with E-state index in [0.717, 1.165) is 0 Å². The first-order chi connectivity index (χ1) is 7.74. The Morgan fingerprint density at radius 2 is 1.62 bits per heavy atom. The Morgan fingerprint density at radius 3 is 2.31 bits per heavy atom. The lowest BCUT2D eigenvalue weighted by atomic mass is 10.0. The van der Waals surface area contributed by atoms with Crippen LogP contribution in [0.4, 0.5) is 0 Å². The summed E-state index contributed by atoms with van der Waals surface area (Å²) in [5.41, 5.74) is 1.31. The summed E-state index contributed by atoms with van der Waals surface area (Å²) in [7, 11) is 0. The molecular weight excluding hydrogens is 202 g/mol. The molecule has 0 fully saturated rings. The van der Waals surface area contributed by atoms with Gasteiger partial charge in [-0.1, -0.05) is 18.2 Å². The zero-order chi connectivity index (χ0) is 11.3. The summed E-state index contributed by atoms with van der Waals surface area (Å²) in [6.07, 6.45) is 0. The van der Waals surface area contributed by atoms with Crippen LogP contribution in [-0.2, 0) is 0 Å². The standard InChI is InChI=1S/C13H5NO2/c14-6-7-4-5-10-11-8(7)2-1-3-9(11)12(15)13(10)16/h1-5H. The minimum atomic E-state index is -0.476. The summed E-state index contributed by atoms with van der Waals surface area (Å²) in [5.74, 6) is -0.952. The topological polar surface area (TPSA) is 57.9 Å². The first-order valence-electron chi connectivity index (χ1n) is 4.79. The third-order valence-electron chi connectivity index (χ3n) is 2.86. The Kier molecular flexibility index (Phi) is 1.52. The fraction of sp³-hybridized carbons (Fsp3) is 0. The summed E-state index contributed by atoms with van der Waals surface area (Å²) in [6.45, 7) is 0. The molecule has 2 aromatic rings. The van der Waals surface area contributed by atoms with Gasteiger partial charge in [0, 0.05) is 21.9 Å². The average molecular weight is 207 g/mol. The molecule has 0 spiro atoms. The molecule has 0 N–H and O–H groups in total. The van der Waals surface area contributed by atoms with Crippen LogP contribution in [0.15, 0.2) is 30.3 Å². The summed E-state index contributed by atoms with van der Waals surface area (Å²) in [5, 5.41) is 10.2. The molecule has 0 saturated carbocycles. The van der Waals surface area contributed by atoms with Crippen LogP contribution >= 0.6 is 0 Å². The van der Waals surface area contributed by atoms with Gasteiger partial charge in [0.15, 0.2) is 0 Å². The average Bonchev–Trinajstić information content (AvgIpc) is 2.57. The van der Waals surface area contributed by atoms with Crippen LogP contribution in [-0.4, -0.2) is 11.6 Å². The number of ketones is 2. The highest BCUT2D eigenvalue weighted by Crippen LogP contribution is 2.32. The second-order valence-electron chi connectivity index (χ2n) is 3.66. The van der Waals surface area contributed by atoms with Gasteiger partial charge >= 0.3 is 0 Å². The molecule has 2 aromatic carbocycles. The van der Waals surface area contributed by atoms with Crippen molar-refractivity contribution in [2.45, 2.75) is 0 Å². The molecule has 0 bridgehead atoms. The number of nitriles is 1. The van der Waals surface area contributed by atoms with Crippen LogP contribution in [0, 0.1) is 11.3 Å². The molecule has 0 amide bonds.